The van der Waals surface area contributed by atoms with Crippen molar-refractivity contribution in [1.82, 2.24) is 0 Å². The fourth-order valence-corrected chi connectivity index (χ4v) is 5.11. The third kappa shape index (κ3) is 6.61. The van der Waals surface area contributed by atoms with Crippen molar-refractivity contribution in [2.75, 3.05) is 6.61 Å². The minimum Gasteiger partial charge on any atom is -0.480 e. The number of carbonyl (C=O) groups is 1. The SMILES string of the molecule is C=C(C)[C@H]1C[C@H](c2ccccc2)[C@H](CCCCCC)O[C@@H]1c1cc(F)cc(Cl)c1OCC(=O)O. The van der Waals surface area contributed by atoms with Crippen LogP contribution in [0, 0.1) is 11.7 Å². The number of carboxylic acids is 1. The van der Waals surface area contributed by atoms with E-state index in [2.05, 4.69) is 25.6 Å². The molecule has 0 saturated carbocycles. The largest absolute Gasteiger partial charge is 0.480 e. The molecule has 1 saturated heterocycles. The molecule has 0 amide bonds. The van der Waals surface area contributed by atoms with E-state index in [4.69, 9.17) is 26.2 Å². The summed E-state index contributed by atoms with van der Waals surface area (Å²) in [7, 11) is 0. The third-order valence-electron chi connectivity index (χ3n) is 6.53. The van der Waals surface area contributed by atoms with Crippen molar-refractivity contribution in [1.29, 1.82) is 0 Å². The lowest BCUT2D eigenvalue weighted by molar-refractivity contribution is -0.139. The average molecular weight is 489 g/mol. The maximum atomic E-state index is 14.5. The first-order chi connectivity index (χ1) is 16.3. The van der Waals surface area contributed by atoms with Gasteiger partial charge in [0.25, 0.3) is 0 Å². The lowest BCUT2D eigenvalue weighted by Gasteiger charge is -2.43. The second-order valence-electron chi connectivity index (χ2n) is 9.14. The molecule has 3 rings (SSSR count). The van der Waals surface area contributed by atoms with Crippen LogP contribution in [-0.4, -0.2) is 23.8 Å². The quantitative estimate of drug-likeness (QED) is 0.260. The standard InChI is InChI=1S/C28H34ClFO4/c1-4-5-6-10-13-25-22(19-11-8-7-9-12-19)16-21(18(2)3)27(34-25)23-14-20(30)15-24(29)28(23)33-17-26(31)32/h7-9,11-12,14-15,21-22,25,27H,2,4-6,10,13,16-17H2,1,3H3,(H,31,32)/t21-,22-,25+,27+/m1/s1. The highest BCUT2D eigenvalue weighted by Crippen LogP contribution is 2.50. The number of hydrogen-bond acceptors (Lipinski definition) is 3. The highest BCUT2D eigenvalue weighted by atomic mass is 35.5. The first-order valence-electron chi connectivity index (χ1n) is 12.0. The molecule has 2 aromatic rings. The highest BCUT2D eigenvalue weighted by Gasteiger charge is 2.41. The monoisotopic (exact) mass is 488 g/mol. The molecule has 184 valence electrons. The molecule has 0 bridgehead atoms. The van der Waals surface area contributed by atoms with Crippen LogP contribution in [0.3, 0.4) is 0 Å². The Morgan fingerprint density at radius 2 is 1.97 bits per heavy atom. The predicted octanol–water partition coefficient (Wildman–Crippen LogP) is 7.72. The van der Waals surface area contributed by atoms with Gasteiger partial charge in [-0.3, -0.25) is 0 Å². The van der Waals surface area contributed by atoms with Crippen molar-refractivity contribution in [3.63, 3.8) is 0 Å². The normalized spacial score (nSPS) is 22.4. The van der Waals surface area contributed by atoms with E-state index in [0.29, 0.717) is 5.56 Å². The van der Waals surface area contributed by atoms with Crippen LogP contribution in [0.2, 0.25) is 5.02 Å². The summed E-state index contributed by atoms with van der Waals surface area (Å²) in [6, 6.07) is 12.8. The molecule has 1 N–H and O–H groups in total. The van der Waals surface area contributed by atoms with Gasteiger partial charge in [0.2, 0.25) is 0 Å². The first-order valence-corrected chi connectivity index (χ1v) is 12.4. The van der Waals surface area contributed by atoms with Crippen LogP contribution in [0.25, 0.3) is 0 Å². The summed E-state index contributed by atoms with van der Waals surface area (Å²) >= 11 is 6.31. The number of halogens is 2. The van der Waals surface area contributed by atoms with Crippen molar-refractivity contribution in [2.45, 2.75) is 70.5 Å². The maximum Gasteiger partial charge on any atom is 0.341 e. The fraction of sp³-hybridized carbons (Fsp3) is 0.464. The van der Waals surface area contributed by atoms with Gasteiger partial charge in [-0.2, -0.15) is 0 Å². The predicted molar refractivity (Wildman–Crippen MR) is 133 cm³/mol. The topological polar surface area (TPSA) is 55.8 Å². The molecule has 0 aliphatic carbocycles. The van der Waals surface area contributed by atoms with Gasteiger partial charge in [-0.25, -0.2) is 9.18 Å². The van der Waals surface area contributed by atoms with Crippen molar-refractivity contribution in [2.24, 2.45) is 5.92 Å². The molecular formula is C28H34ClFO4. The number of carboxylic acid groups (broad SMARTS) is 1. The third-order valence-corrected chi connectivity index (χ3v) is 6.81. The maximum absolute atomic E-state index is 14.5. The number of ether oxygens (including phenoxy) is 2. The molecule has 1 aliphatic rings. The lowest BCUT2D eigenvalue weighted by atomic mass is 9.74. The number of hydrogen-bond donors (Lipinski definition) is 1. The summed E-state index contributed by atoms with van der Waals surface area (Å²) in [6.45, 7) is 7.76. The highest BCUT2D eigenvalue weighted by molar-refractivity contribution is 6.32. The Morgan fingerprint density at radius 3 is 2.62 bits per heavy atom. The summed E-state index contributed by atoms with van der Waals surface area (Å²) in [5.41, 5.74) is 2.57. The number of benzene rings is 2. The molecule has 0 radical (unpaired) electrons. The molecule has 4 nitrogen and oxygen atoms in total. The van der Waals surface area contributed by atoms with E-state index in [1.807, 2.05) is 25.1 Å². The Labute approximate surface area is 206 Å². The zero-order chi connectivity index (χ0) is 24.7. The molecule has 2 aromatic carbocycles. The van der Waals surface area contributed by atoms with Gasteiger partial charge in [0.05, 0.1) is 17.2 Å². The summed E-state index contributed by atoms with van der Waals surface area (Å²) in [6.07, 6.45) is 5.55. The molecule has 34 heavy (non-hydrogen) atoms. The van der Waals surface area contributed by atoms with Gasteiger partial charge in [0.15, 0.2) is 6.61 Å². The van der Waals surface area contributed by atoms with Crippen LogP contribution < -0.4 is 4.74 Å². The molecule has 1 fully saturated rings. The zero-order valence-electron chi connectivity index (χ0n) is 19.9. The van der Waals surface area contributed by atoms with E-state index < -0.39 is 24.5 Å². The molecule has 6 heteroatoms. The van der Waals surface area contributed by atoms with Gasteiger partial charge in [-0.05, 0) is 37.5 Å². The van der Waals surface area contributed by atoms with E-state index in [1.54, 1.807) is 0 Å². The number of rotatable bonds is 11. The van der Waals surface area contributed by atoms with Crippen LogP contribution in [0.1, 0.15) is 75.5 Å². The Hall–Kier alpha value is -2.37. The molecule has 0 aromatic heterocycles. The molecular weight excluding hydrogens is 455 g/mol. The van der Waals surface area contributed by atoms with Gasteiger partial charge < -0.3 is 14.6 Å². The van der Waals surface area contributed by atoms with E-state index >= 15 is 0 Å². The smallest absolute Gasteiger partial charge is 0.341 e. The first kappa shape index (κ1) is 26.2. The molecule has 1 aliphatic heterocycles. The summed E-state index contributed by atoms with van der Waals surface area (Å²) < 4.78 is 26.7. The summed E-state index contributed by atoms with van der Waals surface area (Å²) in [5, 5.41) is 9.15. The lowest BCUT2D eigenvalue weighted by Crippen LogP contribution is -2.36. The minimum absolute atomic E-state index is 0.0324. The zero-order valence-corrected chi connectivity index (χ0v) is 20.7. The Morgan fingerprint density at radius 1 is 1.24 bits per heavy atom. The number of aliphatic carboxylic acids is 1. The fourth-order valence-electron chi connectivity index (χ4n) is 4.85. The van der Waals surface area contributed by atoms with E-state index in [0.717, 1.165) is 43.7 Å². The van der Waals surface area contributed by atoms with Crippen LogP contribution in [0.15, 0.2) is 54.6 Å². The van der Waals surface area contributed by atoms with Crippen LogP contribution in [-0.2, 0) is 9.53 Å². The molecule has 0 spiro atoms. The average Bonchev–Trinajstić information content (AvgIpc) is 2.80. The Balaban J connectivity index is 1.99. The van der Waals surface area contributed by atoms with E-state index in [-0.39, 0.29) is 28.7 Å². The van der Waals surface area contributed by atoms with Gasteiger partial charge in [-0.1, -0.05) is 86.7 Å². The molecule has 1 heterocycles. The van der Waals surface area contributed by atoms with Gasteiger partial charge in [-0.15, -0.1) is 0 Å². The Bertz CT molecular complexity index is 978. The van der Waals surface area contributed by atoms with E-state index in [9.17, 15) is 9.18 Å². The van der Waals surface area contributed by atoms with Crippen LogP contribution in [0.5, 0.6) is 5.75 Å². The molecule has 4 atom stereocenters. The van der Waals surface area contributed by atoms with Crippen molar-refractivity contribution in [3.05, 3.63) is 76.6 Å². The van der Waals surface area contributed by atoms with Crippen molar-refractivity contribution in [3.8, 4) is 5.75 Å². The summed E-state index contributed by atoms with van der Waals surface area (Å²) in [5.74, 6) is -1.43. The number of unbranched alkanes of at least 4 members (excludes halogenated alkanes) is 3. The van der Waals surface area contributed by atoms with Gasteiger partial charge >= 0.3 is 5.97 Å². The second kappa shape index (κ2) is 12.4. The van der Waals surface area contributed by atoms with Gasteiger partial charge in [0, 0.05) is 17.4 Å². The van der Waals surface area contributed by atoms with E-state index in [1.165, 1.54) is 18.1 Å². The van der Waals surface area contributed by atoms with Crippen molar-refractivity contribution < 1.29 is 23.8 Å². The minimum atomic E-state index is -1.13. The van der Waals surface area contributed by atoms with Crippen LogP contribution in [0.4, 0.5) is 4.39 Å². The molecule has 0 unspecified atom stereocenters. The summed E-state index contributed by atoms with van der Waals surface area (Å²) in [4.78, 5) is 11.1. The second-order valence-corrected chi connectivity index (χ2v) is 9.55. The van der Waals surface area contributed by atoms with Crippen LogP contribution >= 0.6 is 11.6 Å². The van der Waals surface area contributed by atoms with Crippen molar-refractivity contribution >= 4 is 17.6 Å². The Kier molecular flexibility index (Phi) is 9.54. The van der Waals surface area contributed by atoms with Gasteiger partial charge in [0.1, 0.15) is 11.6 Å².